The number of hydrogen-bond acceptors (Lipinski definition) is 2. The summed E-state index contributed by atoms with van der Waals surface area (Å²) in [6.45, 7) is 2.17. The Morgan fingerprint density at radius 3 is 2.56 bits per heavy atom. The molecular weight excluding hydrogens is 304 g/mol. The van der Waals surface area contributed by atoms with Crippen molar-refractivity contribution >= 4 is 22.7 Å². The quantitative estimate of drug-likeness (QED) is 0.470. The molecule has 2 heteroatoms. The highest BCUT2D eigenvalue weighted by molar-refractivity contribution is 5.86. The van der Waals surface area contributed by atoms with Gasteiger partial charge in [0.05, 0.1) is 11.9 Å². The van der Waals surface area contributed by atoms with Crippen LogP contribution in [0.1, 0.15) is 24.0 Å². The van der Waals surface area contributed by atoms with E-state index >= 15 is 0 Å². The summed E-state index contributed by atoms with van der Waals surface area (Å²) >= 11 is 0. The molecule has 2 nitrogen and oxygen atoms in total. The van der Waals surface area contributed by atoms with E-state index in [4.69, 9.17) is 0 Å². The van der Waals surface area contributed by atoms with E-state index < -0.39 is 0 Å². The van der Waals surface area contributed by atoms with Gasteiger partial charge in [-0.05, 0) is 41.0 Å². The third kappa shape index (κ3) is 3.24. The van der Waals surface area contributed by atoms with Crippen molar-refractivity contribution in [2.24, 2.45) is 5.10 Å². The summed E-state index contributed by atoms with van der Waals surface area (Å²) in [4.78, 5) is 0. The highest BCUT2D eigenvalue weighted by atomic mass is 15.3. The Balaban J connectivity index is 1.56. The molecule has 0 aromatic heterocycles. The van der Waals surface area contributed by atoms with Crippen molar-refractivity contribution in [1.82, 2.24) is 0 Å². The van der Waals surface area contributed by atoms with Crippen LogP contribution in [0.15, 0.2) is 95.6 Å². The van der Waals surface area contributed by atoms with Gasteiger partial charge in [-0.2, -0.15) is 5.10 Å². The summed E-state index contributed by atoms with van der Waals surface area (Å²) in [5, 5.41) is 6.90. The topological polar surface area (TPSA) is 24.4 Å². The van der Waals surface area contributed by atoms with Crippen molar-refractivity contribution in [3.63, 3.8) is 0 Å². The van der Waals surface area contributed by atoms with Crippen molar-refractivity contribution in [3.8, 4) is 0 Å². The minimum atomic E-state index is 0.350. The van der Waals surface area contributed by atoms with Gasteiger partial charge in [0, 0.05) is 5.92 Å². The predicted molar refractivity (Wildman–Crippen MR) is 107 cm³/mol. The fourth-order valence-electron chi connectivity index (χ4n) is 3.27. The molecule has 0 saturated heterocycles. The van der Waals surface area contributed by atoms with Crippen LogP contribution >= 0.6 is 0 Å². The first kappa shape index (κ1) is 15.4. The lowest BCUT2D eigenvalue weighted by atomic mass is 9.91. The zero-order chi connectivity index (χ0) is 17.1. The van der Waals surface area contributed by atoms with Gasteiger partial charge in [-0.25, -0.2) is 0 Å². The van der Waals surface area contributed by atoms with E-state index in [2.05, 4.69) is 102 Å². The number of rotatable bonds is 4. The second-order valence-electron chi connectivity index (χ2n) is 6.33. The Bertz CT molecular complexity index is 996. The van der Waals surface area contributed by atoms with E-state index in [0.717, 1.165) is 11.3 Å². The highest BCUT2D eigenvalue weighted by Gasteiger charge is 2.15. The summed E-state index contributed by atoms with van der Waals surface area (Å²) in [7, 11) is 0. The molecular formula is C23H20N2. The Morgan fingerprint density at radius 1 is 0.920 bits per heavy atom. The Hall–Kier alpha value is -3.13. The number of nitrogens with one attached hydrogen (secondary N) is 1. The summed E-state index contributed by atoms with van der Waals surface area (Å²) < 4.78 is 0. The van der Waals surface area contributed by atoms with Crippen molar-refractivity contribution < 1.29 is 0 Å². The van der Waals surface area contributed by atoms with Gasteiger partial charge >= 0.3 is 0 Å². The zero-order valence-corrected chi connectivity index (χ0v) is 14.2. The lowest BCUT2D eigenvalue weighted by Crippen LogP contribution is -2.00. The van der Waals surface area contributed by atoms with Crippen molar-refractivity contribution in [2.45, 2.75) is 12.8 Å². The van der Waals surface area contributed by atoms with Crippen LogP contribution < -0.4 is 5.43 Å². The molecule has 25 heavy (non-hydrogen) atoms. The largest absolute Gasteiger partial charge is 0.278 e. The first-order valence-electron chi connectivity index (χ1n) is 8.53. The SMILES string of the molecule is CC1=CC=CC1c1ccccc1C=NNc1ccc2ccccc2c1. The Kier molecular flexibility index (Phi) is 4.17. The Morgan fingerprint density at radius 2 is 1.72 bits per heavy atom. The summed E-state index contributed by atoms with van der Waals surface area (Å²) in [5.41, 5.74) is 7.93. The smallest absolute Gasteiger partial charge is 0.0568 e. The van der Waals surface area contributed by atoms with E-state index in [1.54, 1.807) is 0 Å². The lowest BCUT2D eigenvalue weighted by Gasteiger charge is -2.13. The van der Waals surface area contributed by atoms with Crippen LogP contribution in [0.2, 0.25) is 0 Å². The maximum absolute atomic E-state index is 4.46. The molecule has 3 aromatic rings. The van der Waals surface area contributed by atoms with E-state index in [-0.39, 0.29) is 0 Å². The van der Waals surface area contributed by atoms with Crippen LogP contribution in [0.3, 0.4) is 0 Å². The number of hydrazone groups is 1. The van der Waals surface area contributed by atoms with Crippen molar-refractivity contribution in [2.75, 3.05) is 5.43 Å². The first-order chi connectivity index (χ1) is 12.3. The van der Waals surface area contributed by atoms with Gasteiger partial charge in [-0.3, -0.25) is 5.43 Å². The first-order valence-corrected chi connectivity index (χ1v) is 8.53. The summed E-state index contributed by atoms with van der Waals surface area (Å²) in [6.07, 6.45) is 8.44. The average molecular weight is 324 g/mol. The molecule has 1 unspecified atom stereocenters. The number of nitrogens with zero attached hydrogens (tertiary/aromatic N) is 1. The molecule has 1 aliphatic carbocycles. The van der Waals surface area contributed by atoms with E-state index in [9.17, 15) is 0 Å². The van der Waals surface area contributed by atoms with Gasteiger partial charge in [-0.1, -0.05) is 78.4 Å². The van der Waals surface area contributed by atoms with Crippen LogP contribution in [0.4, 0.5) is 5.69 Å². The van der Waals surface area contributed by atoms with Gasteiger partial charge < -0.3 is 0 Å². The minimum Gasteiger partial charge on any atom is -0.278 e. The van der Waals surface area contributed by atoms with Crippen molar-refractivity contribution in [3.05, 3.63) is 102 Å². The molecule has 1 N–H and O–H groups in total. The molecule has 0 fully saturated rings. The van der Waals surface area contributed by atoms with Crippen LogP contribution in [-0.2, 0) is 0 Å². The van der Waals surface area contributed by atoms with Gasteiger partial charge in [0.2, 0.25) is 0 Å². The predicted octanol–water partition coefficient (Wildman–Crippen LogP) is 5.89. The van der Waals surface area contributed by atoms with Gasteiger partial charge in [0.25, 0.3) is 0 Å². The van der Waals surface area contributed by atoms with Crippen LogP contribution in [0, 0.1) is 0 Å². The standard InChI is InChI=1S/C23H20N2/c1-17-7-6-12-22(17)23-11-5-4-10-20(23)16-24-25-21-14-13-18-8-2-3-9-19(18)15-21/h2-16,22,25H,1H3. The lowest BCUT2D eigenvalue weighted by molar-refractivity contribution is 1.01. The molecule has 4 rings (SSSR count). The molecule has 122 valence electrons. The van der Waals surface area contributed by atoms with Crippen LogP contribution in [-0.4, -0.2) is 6.21 Å². The molecule has 3 aromatic carbocycles. The molecule has 0 spiro atoms. The van der Waals surface area contributed by atoms with Gasteiger partial charge in [-0.15, -0.1) is 0 Å². The van der Waals surface area contributed by atoms with E-state index in [0.29, 0.717) is 5.92 Å². The number of fused-ring (bicyclic) bond motifs is 1. The van der Waals surface area contributed by atoms with Gasteiger partial charge in [0.1, 0.15) is 0 Å². The van der Waals surface area contributed by atoms with Gasteiger partial charge in [0.15, 0.2) is 0 Å². The Labute approximate surface area is 148 Å². The molecule has 0 aliphatic heterocycles. The van der Waals surface area contributed by atoms with Crippen LogP contribution in [0.25, 0.3) is 10.8 Å². The fraction of sp³-hybridized carbons (Fsp3) is 0.0870. The highest BCUT2D eigenvalue weighted by Crippen LogP contribution is 2.31. The average Bonchev–Trinajstić information content (AvgIpc) is 3.08. The van der Waals surface area contributed by atoms with E-state index in [1.165, 1.54) is 21.9 Å². The molecule has 0 radical (unpaired) electrons. The molecule has 0 amide bonds. The summed E-state index contributed by atoms with van der Waals surface area (Å²) in [6, 6.07) is 23.0. The zero-order valence-electron chi connectivity index (χ0n) is 14.2. The minimum absolute atomic E-state index is 0.350. The third-order valence-electron chi connectivity index (χ3n) is 4.63. The van der Waals surface area contributed by atoms with E-state index in [1.807, 2.05) is 6.21 Å². The number of benzene rings is 3. The number of allylic oxidation sites excluding steroid dienone is 4. The van der Waals surface area contributed by atoms with Crippen molar-refractivity contribution in [1.29, 1.82) is 0 Å². The number of anilines is 1. The second-order valence-corrected chi connectivity index (χ2v) is 6.33. The van der Waals surface area contributed by atoms with Crippen LogP contribution in [0.5, 0.6) is 0 Å². The summed E-state index contributed by atoms with van der Waals surface area (Å²) in [5.74, 6) is 0.350. The second kappa shape index (κ2) is 6.78. The molecule has 1 aliphatic rings. The fourth-order valence-corrected chi connectivity index (χ4v) is 3.27. The molecule has 0 saturated carbocycles. The molecule has 0 heterocycles. The molecule has 1 atom stereocenters. The molecule has 0 bridgehead atoms. The monoisotopic (exact) mass is 324 g/mol. The third-order valence-corrected chi connectivity index (χ3v) is 4.63. The maximum atomic E-state index is 4.46. The maximum Gasteiger partial charge on any atom is 0.0568 e. The normalized spacial score (nSPS) is 16.5. The number of hydrogen-bond donors (Lipinski definition) is 1.